The van der Waals surface area contributed by atoms with Gasteiger partial charge in [0.25, 0.3) is 0 Å². The molecular formula is C19H27NO3. The Morgan fingerprint density at radius 2 is 1.91 bits per heavy atom. The van der Waals surface area contributed by atoms with E-state index in [0.717, 1.165) is 50.0 Å². The zero-order chi connectivity index (χ0) is 16.2. The molecule has 1 aliphatic carbocycles. The summed E-state index contributed by atoms with van der Waals surface area (Å²) in [4.78, 5) is 14.8. The molecule has 0 radical (unpaired) electrons. The number of likely N-dealkylation sites (tertiary alicyclic amines) is 1. The average molecular weight is 317 g/mol. The van der Waals surface area contributed by atoms with Gasteiger partial charge in [-0.15, -0.1) is 0 Å². The van der Waals surface area contributed by atoms with Gasteiger partial charge >= 0.3 is 0 Å². The highest BCUT2D eigenvalue weighted by molar-refractivity contribution is 5.79. The van der Waals surface area contributed by atoms with Gasteiger partial charge in [0, 0.05) is 18.5 Å². The SMILES string of the molecule is COc1ccc(CC(=O)N2CCCC2C2CCCCC2O)cc1. The van der Waals surface area contributed by atoms with E-state index >= 15 is 0 Å². The lowest BCUT2D eigenvalue weighted by atomic mass is 9.80. The van der Waals surface area contributed by atoms with Crippen molar-refractivity contribution >= 4 is 5.91 Å². The first-order valence-electron chi connectivity index (χ1n) is 8.79. The Bertz CT molecular complexity index is 528. The summed E-state index contributed by atoms with van der Waals surface area (Å²) >= 11 is 0. The van der Waals surface area contributed by atoms with Crippen molar-refractivity contribution in [3.63, 3.8) is 0 Å². The number of nitrogens with zero attached hydrogens (tertiary/aromatic N) is 1. The largest absolute Gasteiger partial charge is 0.497 e. The molecule has 0 spiro atoms. The highest BCUT2D eigenvalue weighted by Crippen LogP contribution is 2.35. The molecule has 1 aromatic rings. The number of carbonyl (C=O) groups is 1. The molecule has 23 heavy (non-hydrogen) atoms. The monoisotopic (exact) mass is 317 g/mol. The van der Waals surface area contributed by atoms with Crippen molar-refractivity contribution in [2.24, 2.45) is 5.92 Å². The maximum Gasteiger partial charge on any atom is 0.227 e. The molecule has 2 aliphatic rings. The van der Waals surface area contributed by atoms with Crippen LogP contribution in [0.4, 0.5) is 0 Å². The third-order valence-electron chi connectivity index (χ3n) is 5.41. The molecule has 1 saturated carbocycles. The predicted octanol–water partition coefficient (Wildman–Crippen LogP) is 2.78. The van der Waals surface area contributed by atoms with Gasteiger partial charge in [-0.3, -0.25) is 4.79 Å². The summed E-state index contributed by atoms with van der Waals surface area (Å²) in [5.74, 6) is 1.27. The van der Waals surface area contributed by atoms with E-state index in [0.29, 0.717) is 6.42 Å². The standard InChI is InChI=1S/C19H27NO3/c1-23-15-10-8-14(9-11-15)13-19(22)20-12-4-6-17(20)16-5-2-3-7-18(16)21/h8-11,16-18,21H,2-7,12-13H2,1H3. The Kier molecular flexibility index (Phi) is 5.21. The second-order valence-corrected chi connectivity index (χ2v) is 6.84. The van der Waals surface area contributed by atoms with E-state index in [1.807, 2.05) is 29.2 Å². The van der Waals surface area contributed by atoms with Crippen molar-refractivity contribution in [3.8, 4) is 5.75 Å². The minimum atomic E-state index is -0.233. The third kappa shape index (κ3) is 3.69. The van der Waals surface area contributed by atoms with Crippen LogP contribution < -0.4 is 4.74 Å². The van der Waals surface area contributed by atoms with E-state index in [1.165, 1.54) is 6.42 Å². The quantitative estimate of drug-likeness (QED) is 0.929. The smallest absolute Gasteiger partial charge is 0.227 e. The normalized spacial score (nSPS) is 27.9. The van der Waals surface area contributed by atoms with Gasteiger partial charge in [0.1, 0.15) is 5.75 Å². The van der Waals surface area contributed by atoms with Gasteiger partial charge in [-0.1, -0.05) is 25.0 Å². The number of rotatable bonds is 4. The van der Waals surface area contributed by atoms with Crippen molar-refractivity contribution in [1.82, 2.24) is 4.90 Å². The van der Waals surface area contributed by atoms with Crippen molar-refractivity contribution in [2.75, 3.05) is 13.7 Å². The van der Waals surface area contributed by atoms with Gasteiger partial charge in [0.2, 0.25) is 5.91 Å². The number of aliphatic hydroxyl groups is 1. The molecule has 1 N–H and O–H groups in total. The third-order valence-corrected chi connectivity index (χ3v) is 5.41. The fourth-order valence-corrected chi connectivity index (χ4v) is 4.16. The predicted molar refractivity (Wildman–Crippen MR) is 89.4 cm³/mol. The van der Waals surface area contributed by atoms with Crippen molar-refractivity contribution in [1.29, 1.82) is 0 Å². The van der Waals surface area contributed by atoms with Crippen molar-refractivity contribution < 1.29 is 14.6 Å². The molecule has 1 aromatic carbocycles. The molecule has 3 rings (SSSR count). The molecule has 1 aliphatic heterocycles. The Hall–Kier alpha value is -1.55. The summed E-state index contributed by atoms with van der Waals surface area (Å²) in [6.07, 6.45) is 6.54. The van der Waals surface area contributed by atoms with Crippen LogP contribution in [0.1, 0.15) is 44.1 Å². The lowest BCUT2D eigenvalue weighted by Gasteiger charge is -2.37. The summed E-state index contributed by atoms with van der Waals surface area (Å²) in [5, 5.41) is 10.3. The van der Waals surface area contributed by atoms with E-state index in [2.05, 4.69) is 0 Å². The van der Waals surface area contributed by atoms with E-state index in [-0.39, 0.29) is 24.0 Å². The van der Waals surface area contributed by atoms with Crippen LogP contribution in [0.5, 0.6) is 5.75 Å². The van der Waals surface area contributed by atoms with Gasteiger partial charge in [0.15, 0.2) is 0 Å². The number of amides is 1. The minimum absolute atomic E-state index is 0.190. The Labute approximate surface area is 138 Å². The first kappa shape index (κ1) is 16.3. The van der Waals surface area contributed by atoms with Crippen LogP contribution in [0.2, 0.25) is 0 Å². The van der Waals surface area contributed by atoms with Crippen LogP contribution in [0, 0.1) is 5.92 Å². The number of hydrogen-bond donors (Lipinski definition) is 1. The highest BCUT2D eigenvalue weighted by Gasteiger charge is 2.38. The molecule has 4 heteroatoms. The molecule has 4 nitrogen and oxygen atoms in total. The maximum atomic E-state index is 12.7. The van der Waals surface area contributed by atoms with Crippen LogP contribution in [0.25, 0.3) is 0 Å². The number of benzene rings is 1. The lowest BCUT2D eigenvalue weighted by Crippen LogP contribution is -2.45. The van der Waals surface area contributed by atoms with E-state index in [4.69, 9.17) is 4.74 Å². The Balaban J connectivity index is 1.65. The van der Waals surface area contributed by atoms with Crippen molar-refractivity contribution in [2.45, 2.75) is 57.1 Å². The number of aliphatic hydroxyl groups excluding tert-OH is 1. The number of ether oxygens (including phenoxy) is 1. The molecule has 1 amide bonds. The fourth-order valence-electron chi connectivity index (χ4n) is 4.16. The molecule has 1 heterocycles. The number of methoxy groups -OCH3 is 1. The van der Waals surface area contributed by atoms with Crippen LogP contribution in [0.15, 0.2) is 24.3 Å². The summed E-state index contributed by atoms with van der Waals surface area (Å²) in [7, 11) is 1.64. The van der Waals surface area contributed by atoms with E-state index in [9.17, 15) is 9.90 Å². The molecular weight excluding hydrogens is 290 g/mol. The number of carbonyl (C=O) groups excluding carboxylic acids is 1. The molecule has 2 fully saturated rings. The fraction of sp³-hybridized carbons (Fsp3) is 0.632. The van der Waals surface area contributed by atoms with Gasteiger partial charge in [0.05, 0.1) is 19.6 Å². The van der Waals surface area contributed by atoms with Gasteiger partial charge in [-0.2, -0.15) is 0 Å². The summed E-state index contributed by atoms with van der Waals surface area (Å²) in [5.41, 5.74) is 1.02. The minimum Gasteiger partial charge on any atom is -0.497 e. The first-order chi connectivity index (χ1) is 11.2. The van der Waals surface area contributed by atoms with E-state index < -0.39 is 0 Å². The second-order valence-electron chi connectivity index (χ2n) is 6.84. The second kappa shape index (κ2) is 7.35. The first-order valence-corrected chi connectivity index (χ1v) is 8.79. The lowest BCUT2D eigenvalue weighted by molar-refractivity contribution is -0.133. The summed E-state index contributed by atoms with van der Waals surface area (Å²) < 4.78 is 5.16. The van der Waals surface area contributed by atoms with Gasteiger partial charge in [-0.25, -0.2) is 0 Å². The zero-order valence-corrected chi connectivity index (χ0v) is 13.9. The van der Waals surface area contributed by atoms with E-state index in [1.54, 1.807) is 7.11 Å². The topological polar surface area (TPSA) is 49.8 Å². The molecule has 126 valence electrons. The zero-order valence-electron chi connectivity index (χ0n) is 13.9. The van der Waals surface area contributed by atoms with Gasteiger partial charge < -0.3 is 14.7 Å². The molecule has 0 bridgehead atoms. The summed E-state index contributed by atoms with van der Waals surface area (Å²) in [6.45, 7) is 0.836. The molecule has 1 saturated heterocycles. The molecule has 3 atom stereocenters. The van der Waals surface area contributed by atoms with Crippen molar-refractivity contribution in [3.05, 3.63) is 29.8 Å². The molecule has 3 unspecified atom stereocenters. The maximum absolute atomic E-state index is 12.7. The van der Waals surface area contributed by atoms with Crippen LogP contribution in [0.3, 0.4) is 0 Å². The average Bonchev–Trinajstić information content (AvgIpc) is 3.05. The highest BCUT2D eigenvalue weighted by atomic mass is 16.5. The molecule has 0 aromatic heterocycles. The van der Waals surface area contributed by atoms with Gasteiger partial charge in [-0.05, 0) is 43.4 Å². The van der Waals surface area contributed by atoms with Crippen LogP contribution in [-0.4, -0.2) is 41.7 Å². The summed E-state index contributed by atoms with van der Waals surface area (Å²) in [6, 6.07) is 7.94. The van der Waals surface area contributed by atoms with Crippen LogP contribution in [-0.2, 0) is 11.2 Å². The number of hydrogen-bond acceptors (Lipinski definition) is 3. The Morgan fingerprint density at radius 1 is 1.17 bits per heavy atom. The van der Waals surface area contributed by atoms with Crippen LogP contribution >= 0.6 is 0 Å². The Morgan fingerprint density at radius 3 is 2.61 bits per heavy atom.